The van der Waals surface area contributed by atoms with Gasteiger partial charge in [-0.2, -0.15) is 0 Å². The number of pyridine rings is 1. The zero-order valence-corrected chi connectivity index (χ0v) is 14.1. The second-order valence-electron chi connectivity index (χ2n) is 6.38. The quantitative estimate of drug-likeness (QED) is 0.642. The first-order valence-corrected chi connectivity index (χ1v) is 8.77. The maximum absolute atomic E-state index is 12.0. The largest absolute Gasteiger partial charge is 0.358 e. The molecule has 0 saturated carbocycles. The lowest BCUT2D eigenvalue weighted by atomic mass is 10.1. The van der Waals surface area contributed by atoms with Crippen molar-refractivity contribution in [3.05, 3.63) is 46.2 Å². The Labute approximate surface area is 138 Å². The molecule has 3 nitrogen and oxygen atoms in total. The minimum Gasteiger partial charge on any atom is -0.358 e. The number of rotatable bonds is 10. The lowest BCUT2D eigenvalue weighted by molar-refractivity contribution is -0.117. The minimum atomic E-state index is 0.111. The maximum atomic E-state index is 12.0. The van der Waals surface area contributed by atoms with Crippen molar-refractivity contribution in [1.82, 2.24) is 4.98 Å². The van der Waals surface area contributed by atoms with Crippen LogP contribution in [0.4, 0.5) is 0 Å². The van der Waals surface area contributed by atoms with E-state index in [1.807, 2.05) is 24.3 Å². The molecule has 2 rings (SSSR count). The highest BCUT2D eigenvalue weighted by Gasteiger charge is 2.01. The normalized spacial score (nSPS) is 11.0. The molecular formula is C20H27NO2. The summed E-state index contributed by atoms with van der Waals surface area (Å²) in [6.45, 7) is 1.66. The molecule has 0 saturated heterocycles. The van der Waals surface area contributed by atoms with Gasteiger partial charge >= 0.3 is 0 Å². The number of carbonyl (C=O) groups is 1. The number of aryl methyl sites for hydroxylation is 1. The van der Waals surface area contributed by atoms with Gasteiger partial charge < -0.3 is 9.78 Å². The van der Waals surface area contributed by atoms with Gasteiger partial charge in [0, 0.05) is 29.1 Å². The first-order chi connectivity index (χ1) is 11.2. The number of unbranched alkanes of at least 4 members (excludes halogenated alkanes) is 6. The molecule has 0 atom stereocenters. The monoisotopic (exact) mass is 313 g/mol. The van der Waals surface area contributed by atoms with Crippen LogP contribution in [0.5, 0.6) is 0 Å². The molecule has 1 heterocycles. The Balaban J connectivity index is 1.65. The van der Waals surface area contributed by atoms with Crippen LogP contribution in [-0.4, -0.2) is 10.8 Å². The number of hydrogen-bond donors (Lipinski definition) is 1. The topological polar surface area (TPSA) is 49.9 Å². The van der Waals surface area contributed by atoms with Gasteiger partial charge in [-0.15, -0.1) is 0 Å². The number of benzene rings is 1. The van der Waals surface area contributed by atoms with E-state index in [1.54, 1.807) is 13.0 Å². The zero-order valence-electron chi connectivity index (χ0n) is 14.1. The van der Waals surface area contributed by atoms with E-state index < -0.39 is 0 Å². The average molecular weight is 313 g/mol. The number of para-hydroxylation sites is 1. The first-order valence-electron chi connectivity index (χ1n) is 8.77. The maximum Gasteiger partial charge on any atom is 0.189 e. The molecule has 0 amide bonds. The third-order valence-electron chi connectivity index (χ3n) is 4.27. The second-order valence-corrected chi connectivity index (χ2v) is 6.38. The molecule has 2 aromatic rings. The highest BCUT2D eigenvalue weighted by Crippen LogP contribution is 2.12. The van der Waals surface area contributed by atoms with Gasteiger partial charge in [-0.05, 0) is 38.3 Å². The summed E-state index contributed by atoms with van der Waals surface area (Å²) in [4.78, 5) is 26.2. The molecule has 0 unspecified atom stereocenters. The van der Waals surface area contributed by atoms with Crippen molar-refractivity contribution in [3.63, 3.8) is 0 Å². The fraction of sp³-hybridized carbons (Fsp3) is 0.500. The molecule has 0 aliphatic rings. The lowest BCUT2D eigenvalue weighted by Crippen LogP contribution is -2.05. The van der Waals surface area contributed by atoms with Crippen LogP contribution in [0.1, 0.15) is 64.0 Å². The fourth-order valence-electron chi connectivity index (χ4n) is 2.96. The molecule has 23 heavy (non-hydrogen) atoms. The van der Waals surface area contributed by atoms with E-state index in [4.69, 9.17) is 0 Å². The number of carbonyl (C=O) groups excluding carboxylic acids is 1. The lowest BCUT2D eigenvalue weighted by Gasteiger charge is -2.05. The van der Waals surface area contributed by atoms with Crippen molar-refractivity contribution in [2.24, 2.45) is 0 Å². The standard InChI is InChI=1S/C20H27NO2/c1-16(22)11-7-5-3-2-4-6-8-12-17-15-20(23)18-13-9-10-14-19(18)21-17/h9-10,13-15H,2-8,11-12H2,1H3,(H,21,23). The van der Waals surface area contributed by atoms with Crippen molar-refractivity contribution in [3.8, 4) is 0 Å². The molecule has 1 aromatic carbocycles. The minimum absolute atomic E-state index is 0.111. The van der Waals surface area contributed by atoms with Crippen LogP contribution in [0.15, 0.2) is 35.1 Å². The van der Waals surface area contributed by atoms with Gasteiger partial charge in [0.2, 0.25) is 0 Å². The van der Waals surface area contributed by atoms with Gasteiger partial charge in [0.1, 0.15) is 5.78 Å². The fourth-order valence-corrected chi connectivity index (χ4v) is 2.96. The number of fused-ring (bicyclic) bond motifs is 1. The third-order valence-corrected chi connectivity index (χ3v) is 4.27. The van der Waals surface area contributed by atoms with Gasteiger partial charge in [-0.1, -0.05) is 44.2 Å². The van der Waals surface area contributed by atoms with Gasteiger partial charge in [0.05, 0.1) is 0 Å². The Morgan fingerprint density at radius 3 is 2.35 bits per heavy atom. The summed E-state index contributed by atoms with van der Waals surface area (Å²) in [6, 6.07) is 9.41. The zero-order chi connectivity index (χ0) is 16.5. The Kier molecular flexibility index (Phi) is 7.05. The molecule has 0 spiro atoms. The van der Waals surface area contributed by atoms with Crippen LogP contribution in [0.2, 0.25) is 0 Å². The molecular weight excluding hydrogens is 286 g/mol. The van der Waals surface area contributed by atoms with Crippen LogP contribution >= 0.6 is 0 Å². The second kappa shape index (κ2) is 9.29. The van der Waals surface area contributed by atoms with E-state index >= 15 is 0 Å². The highest BCUT2D eigenvalue weighted by molar-refractivity contribution is 5.78. The molecule has 3 heteroatoms. The number of Topliss-reactive ketones (excluding diaryl/α,β-unsaturated/α-hetero) is 1. The number of nitrogens with one attached hydrogen (secondary N) is 1. The first kappa shape index (κ1) is 17.5. The van der Waals surface area contributed by atoms with Crippen molar-refractivity contribution >= 4 is 16.7 Å². The average Bonchev–Trinajstić information content (AvgIpc) is 2.53. The summed E-state index contributed by atoms with van der Waals surface area (Å²) in [7, 11) is 0. The van der Waals surface area contributed by atoms with Crippen LogP contribution in [0, 0.1) is 0 Å². The van der Waals surface area contributed by atoms with E-state index in [0.29, 0.717) is 5.78 Å². The summed E-state index contributed by atoms with van der Waals surface area (Å²) < 4.78 is 0. The summed E-state index contributed by atoms with van der Waals surface area (Å²) in [5, 5.41) is 0.766. The number of aromatic nitrogens is 1. The van der Waals surface area contributed by atoms with E-state index in [1.165, 1.54) is 25.7 Å². The summed E-state index contributed by atoms with van der Waals surface area (Å²) >= 11 is 0. The number of H-pyrrole nitrogens is 1. The SMILES string of the molecule is CC(=O)CCCCCCCCCc1cc(=O)c2ccccc2[nH]1. The van der Waals surface area contributed by atoms with Crippen LogP contribution in [0.25, 0.3) is 10.9 Å². The Morgan fingerprint density at radius 2 is 1.61 bits per heavy atom. The summed E-state index contributed by atoms with van der Waals surface area (Å²) in [5.74, 6) is 0.300. The molecule has 0 aliphatic heterocycles. The molecule has 0 fully saturated rings. The van der Waals surface area contributed by atoms with Gasteiger partial charge in [0.25, 0.3) is 0 Å². The van der Waals surface area contributed by atoms with Gasteiger partial charge in [0.15, 0.2) is 5.43 Å². The smallest absolute Gasteiger partial charge is 0.189 e. The van der Waals surface area contributed by atoms with Crippen molar-refractivity contribution in [2.75, 3.05) is 0 Å². The summed E-state index contributed by atoms with van der Waals surface area (Å²) in [5.41, 5.74) is 2.08. The van der Waals surface area contributed by atoms with Crippen LogP contribution in [0.3, 0.4) is 0 Å². The predicted octanol–water partition coefficient (Wildman–Crippen LogP) is 4.78. The molecule has 0 bridgehead atoms. The Morgan fingerprint density at radius 1 is 0.957 bits per heavy atom. The molecule has 0 aliphatic carbocycles. The molecule has 0 radical (unpaired) electrons. The molecule has 1 N–H and O–H groups in total. The van der Waals surface area contributed by atoms with Gasteiger partial charge in [-0.25, -0.2) is 0 Å². The third kappa shape index (κ3) is 6.01. The van der Waals surface area contributed by atoms with Crippen molar-refractivity contribution < 1.29 is 4.79 Å². The van der Waals surface area contributed by atoms with E-state index in [9.17, 15) is 9.59 Å². The van der Waals surface area contributed by atoms with Gasteiger partial charge in [-0.3, -0.25) is 4.79 Å². The van der Waals surface area contributed by atoms with E-state index in [-0.39, 0.29) is 5.43 Å². The predicted molar refractivity (Wildman–Crippen MR) is 95.9 cm³/mol. The number of aromatic amines is 1. The highest BCUT2D eigenvalue weighted by atomic mass is 16.1. The number of ketones is 1. The van der Waals surface area contributed by atoms with E-state index in [0.717, 1.165) is 48.7 Å². The molecule has 1 aromatic heterocycles. The van der Waals surface area contributed by atoms with Crippen molar-refractivity contribution in [1.29, 1.82) is 0 Å². The Hall–Kier alpha value is -1.90. The summed E-state index contributed by atoms with van der Waals surface area (Å²) in [6.07, 6.45) is 9.87. The van der Waals surface area contributed by atoms with Crippen LogP contribution < -0.4 is 5.43 Å². The van der Waals surface area contributed by atoms with Crippen molar-refractivity contribution in [2.45, 2.75) is 64.7 Å². The van der Waals surface area contributed by atoms with E-state index in [2.05, 4.69) is 4.98 Å². The Bertz CT molecular complexity index is 687. The number of hydrogen-bond acceptors (Lipinski definition) is 2. The van der Waals surface area contributed by atoms with Crippen LogP contribution in [-0.2, 0) is 11.2 Å². The molecule has 124 valence electrons.